The van der Waals surface area contributed by atoms with E-state index < -0.39 is 0 Å². The molecule has 1 aliphatic carbocycles. The zero-order valence-electron chi connectivity index (χ0n) is 16.7. The van der Waals surface area contributed by atoms with Crippen molar-refractivity contribution in [3.05, 3.63) is 68.1 Å². The normalized spacial score (nSPS) is 14.8. The van der Waals surface area contributed by atoms with E-state index in [0.717, 1.165) is 34.2 Å². The van der Waals surface area contributed by atoms with Gasteiger partial charge in [-0.25, -0.2) is 4.79 Å². The molecule has 2 aromatic heterocycles. The number of rotatable bonds is 5. The number of hydrogen-bond acceptors (Lipinski definition) is 3. The Balaban J connectivity index is 1.58. The zero-order chi connectivity index (χ0) is 20.2. The number of carbonyl (C=O) groups is 1. The highest BCUT2D eigenvalue weighted by atomic mass is 32.1. The Morgan fingerprint density at radius 2 is 2.00 bits per heavy atom. The Morgan fingerprint density at radius 3 is 2.76 bits per heavy atom. The van der Waals surface area contributed by atoms with Crippen LogP contribution in [0.4, 0.5) is 4.79 Å². The standard InChI is InChI=1S/C23H27N3O2S/c1-16-9-10-21-17(12-16)13-18(22(27)25-21)14-26(15-20-8-5-11-29-20)23(28)24-19-6-3-2-4-7-19/h5,8-13,19H,2-4,6-7,14-15H2,1H3,(H,24,28)(H,25,27). The van der Waals surface area contributed by atoms with Crippen molar-refractivity contribution in [2.45, 2.75) is 58.2 Å². The summed E-state index contributed by atoms with van der Waals surface area (Å²) in [7, 11) is 0. The van der Waals surface area contributed by atoms with Gasteiger partial charge in [0.05, 0.1) is 13.1 Å². The van der Waals surface area contributed by atoms with Crippen molar-refractivity contribution < 1.29 is 4.79 Å². The van der Waals surface area contributed by atoms with Crippen LogP contribution >= 0.6 is 11.3 Å². The van der Waals surface area contributed by atoms with Gasteiger partial charge in [-0.05, 0) is 54.8 Å². The first-order valence-corrected chi connectivity index (χ1v) is 11.2. The molecular formula is C23H27N3O2S. The van der Waals surface area contributed by atoms with Crippen LogP contribution in [0.1, 0.15) is 48.1 Å². The lowest BCUT2D eigenvalue weighted by atomic mass is 9.96. The molecule has 0 aliphatic heterocycles. The van der Waals surface area contributed by atoms with Crippen LogP contribution in [0.2, 0.25) is 0 Å². The summed E-state index contributed by atoms with van der Waals surface area (Å²) in [5, 5.41) is 6.20. The predicted molar refractivity (Wildman–Crippen MR) is 118 cm³/mol. The SMILES string of the molecule is Cc1ccc2[nH]c(=O)c(CN(Cc3cccs3)C(=O)NC3CCCCC3)cc2c1. The summed E-state index contributed by atoms with van der Waals surface area (Å²) in [6.45, 7) is 2.82. The van der Waals surface area contributed by atoms with Crippen molar-refractivity contribution in [2.24, 2.45) is 0 Å². The van der Waals surface area contributed by atoms with Gasteiger partial charge in [-0.2, -0.15) is 0 Å². The maximum atomic E-state index is 13.1. The van der Waals surface area contributed by atoms with Crippen molar-refractivity contribution in [1.82, 2.24) is 15.2 Å². The molecular weight excluding hydrogens is 382 g/mol. The van der Waals surface area contributed by atoms with E-state index in [4.69, 9.17) is 0 Å². The number of urea groups is 1. The first-order valence-electron chi connectivity index (χ1n) is 10.3. The Kier molecular flexibility index (Phi) is 6.00. The third-order valence-electron chi connectivity index (χ3n) is 5.58. The van der Waals surface area contributed by atoms with E-state index in [1.54, 1.807) is 16.2 Å². The van der Waals surface area contributed by atoms with Crippen LogP contribution in [0.25, 0.3) is 10.9 Å². The highest BCUT2D eigenvalue weighted by molar-refractivity contribution is 7.09. The second-order valence-corrected chi connectivity index (χ2v) is 8.97. The van der Waals surface area contributed by atoms with E-state index >= 15 is 0 Å². The van der Waals surface area contributed by atoms with Gasteiger partial charge in [0.15, 0.2) is 0 Å². The third-order valence-corrected chi connectivity index (χ3v) is 6.45. The lowest BCUT2D eigenvalue weighted by Gasteiger charge is -2.28. The van der Waals surface area contributed by atoms with E-state index in [2.05, 4.69) is 16.4 Å². The van der Waals surface area contributed by atoms with E-state index in [1.807, 2.05) is 42.6 Å². The van der Waals surface area contributed by atoms with E-state index in [-0.39, 0.29) is 24.2 Å². The summed E-state index contributed by atoms with van der Waals surface area (Å²) in [4.78, 5) is 31.6. The molecule has 4 rings (SSSR count). The second-order valence-electron chi connectivity index (χ2n) is 7.93. The highest BCUT2D eigenvalue weighted by Crippen LogP contribution is 2.20. The second kappa shape index (κ2) is 8.82. The number of carbonyl (C=O) groups excluding carboxylic acids is 1. The summed E-state index contributed by atoms with van der Waals surface area (Å²) in [5.74, 6) is 0. The van der Waals surface area contributed by atoms with Gasteiger partial charge in [0.25, 0.3) is 5.56 Å². The number of fused-ring (bicyclic) bond motifs is 1. The minimum Gasteiger partial charge on any atom is -0.335 e. The molecule has 1 aromatic carbocycles. The summed E-state index contributed by atoms with van der Waals surface area (Å²) >= 11 is 1.63. The van der Waals surface area contributed by atoms with Gasteiger partial charge >= 0.3 is 6.03 Å². The number of benzene rings is 1. The summed E-state index contributed by atoms with van der Waals surface area (Å²) in [6, 6.07) is 12.0. The average Bonchev–Trinajstić information content (AvgIpc) is 3.22. The quantitative estimate of drug-likeness (QED) is 0.627. The largest absolute Gasteiger partial charge is 0.335 e. The molecule has 0 saturated heterocycles. The molecule has 3 aromatic rings. The molecule has 2 N–H and O–H groups in total. The number of aromatic amines is 1. The number of aromatic nitrogens is 1. The molecule has 152 valence electrons. The van der Waals surface area contributed by atoms with Crippen molar-refractivity contribution in [2.75, 3.05) is 0 Å². The van der Waals surface area contributed by atoms with E-state index in [1.165, 1.54) is 19.3 Å². The number of pyridine rings is 1. The minimum atomic E-state index is -0.136. The van der Waals surface area contributed by atoms with Gasteiger partial charge in [-0.15, -0.1) is 11.3 Å². The Labute approximate surface area is 174 Å². The average molecular weight is 410 g/mol. The Bertz CT molecular complexity index is 1040. The van der Waals surface area contributed by atoms with E-state index in [0.29, 0.717) is 12.1 Å². The number of aryl methyl sites for hydroxylation is 1. The first-order chi connectivity index (χ1) is 14.1. The fourth-order valence-corrected chi connectivity index (χ4v) is 4.72. The molecule has 1 aliphatic rings. The third kappa shape index (κ3) is 4.88. The zero-order valence-corrected chi connectivity index (χ0v) is 17.6. The van der Waals surface area contributed by atoms with Gasteiger partial charge in [0.2, 0.25) is 0 Å². The summed E-state index contributed by atoms with van der Waals surface area (Å²) in [6.07, 6.45) is 5.65. The van der Waals surface area contributed by atoms with Crippen LogP contribution in [0.5, 0.6) is 0 Å². The maximum absolute atomic E-state index is 13.1. The van der Waals surface area contributed by atoms with Gasteiger partial charge in [0.1, 0.15) is 0 Å². The van der Waals surface area contributed by atoms with Gasteiger partial charge in [0, 0.05) is 22.0 Å². The number of hydrogen-bond donors (Lipinski definition) is 2. The Hall–Kier alpha value is -2.60. The van der Waals surface area contributed by atoms with Crippen LogP contribution in [-0.2, 0) is 13.1 Å². The molecule has 0 atom stereocenters. The number of amides is 2. The molecule has 0 bridgehead atoms. The fourth-order valence-electron chi connectivity index (χ4n) is 4.00. The smallest absolute Gasteiger partial charge is 0.318 e. The van der Waals surface area contributed by atoms with Crippen LogP contribution in [0.15, 0.2) is 46.6 Å². The Morgan fingerprint density at radius 1 is 1.17 bits per heavy atom. The molecule has 0 radical (unpaired) electrons. The van der Waals surface area contributed by atoms with Crippen molar-refractivity contribution in [1.29, 1.82) is 0 Å². The lowest BCUT2D eigenvalue weighted by molar-refractivity contribution is 0.185. The van der Waals surface area contributed by atoms with Crippen molar-refractivity contribution in [3.63, 3.8) is 0 Å². The number of nitrogens with zero attached hydrogens (tertiary/aromatic N) is 1. The topological polar surface area (TPSA) is 65.2 Å². The lowest BCUT2D eigenvalue weighted by Crippen LogP contribution is -2.45. The van der Waals surface area contributed by atoms with Crippen LogP contribution in [-0.4, -0.2) is 22.0 Å². The number of nitrogens with one attached hydrogen (secondary N) is 2. The molecule has 0 spiro atoms. The minimum absolute atomic E-state index is 0.0889. The number of H-pyrrole nitrogens is 1. The molecule has 29 heavy (non-hydrogen) atoms. The van der Waals surface area contributed by atoms with Crippen LogP contribution < -0.4 is 10.9 Å². The van der Waals surface area contributed by atoms with Crippen LogP contribution in [0, 0.1) is 6.92 Å². The van der Waals surface area contributed by atoms with Crippen LogP contribution in [0.3, 0.4) is 0 Å². The molecule has 6 heteroatoms. The molecule has 1 saturated carbocycles. The van der Waals surface area contributed by atoms with E-state index in [9.17, 15) is 9.59 Å². The molecule has 0 unspecified atom stereocenters. The highest BCUT2D eigenvalue weighted by Gasteiger charge is 2.21. The predicted octanol–water partition coefficient (Wildman–Crippen LogP) is 4.94. The molecule has 2 heterocycles. The maximum Gasteiger partial charge on any atom is 0.318 e. The monoisotopic (exact) mass is 409 g/mol. The fraction of sp³-hybridized carbons (Fsp3) is 0.391. The number of thiophene rings is 1. The van der Waals surface area contributed by atoms with Crippen molar-refractivity contribution in [3.8, 4) is 0 Å². The molecule has 1 fully saturated rings. The van der Waals surface area contributed by atoms with Gasteiger partial charge < -0.3 is 15.2 Å². The van der Waals surface area contributed by atoms with Crippen molar-refractivity contribution >= 4 is 28.3 Å². The molecule has 2 amide bonds. The first kappa shape index (κ1) is 19.7. The summed E-state index contributed by atoms with van der Waals surface area (Å²) in [5.41, 5.74) is 2.43. The van der Waals surface area contributed by atoms with Gasteiger partial charge in [-0.1, -0.05) is 37.0 Å². The molecule has 5 nitrogen and oxygen atoms in total. The summed E-state index contributed by atoms with van der Waals surface area (Å²) < 4.78 is 0. The van der Waals surface area contributed by atoms with Gasteiger partial charge in [-0.3, -0.25) is 4.79 Å².